The Morgan fingerprint density at radius 1 is 1.75 bits per heavy atom. The minimum absolute atomic E-state index is 0.373. The Balaban J connectivity index is 2.78. The Bertz CT molecular complexity index is 218. The molecule has 1 atom stereocenters. The predicted octanol–water partition coefficient (Wildman–Crippen LogP) is 1.46. The molecule has 3 nitrogen and oxygen atoms in total. The van der Waals surface area contributed by atoms with Gasteiger partial charge in [0.1, 0.15) is 0 Å². The van der Waals surface area contributed by atoms with E-state index in [9.17, 15) is 4.79 Å². The quantitative estimate of drug-likeness (QED) is 0.588. The number of esters is 1. The summed E-state index contributed by atoms with van der Waals surface area (Å²) in [5.41, 5.74) is 0.837. The van der Waals surface area contributed by atoms with Crippen molar-refractivity contribution in [3.05, 3.63) is 10.6 Å². The van der Waals surface area contributed by atoms with Crippen LogP contribution in [-0.4, -0.2) is 25.8 Å². The largest absolute Gasteiger partial charge is 0.467 e. The van der Waals surface area contributed by atoms with Gasteiger partial charge >= 0.3 is 5.97 Å². The van der Waals surface area contributed by atoms with Crippen LogP contribution in [0.4, 0.5) is 0 Å². The highest BCUT2D eigenvalue weighted by atomic mass is 35.5. The third-order valence-corrected chi connectivity index (χ3v) is 2.07. The molecule has 0 aromatic heterocycles. The van der Waals surface area contributed by atoms with E-state index in [0.717, 1.165) is 12.0 Å². The van der Waals surface area contributed by atoms with Crippen molar-refractivity contribution in [2.24, 2.45) is 0 Å². The molecule has 0 N–H and O–H groups in total. The molecule has 1 saturated heterocycles. The Labute approximate surface area is 76.3 Å². The van der Waals surface area contributed by atoms with Crippen molar-refractivity contribution < 1.29 is 14.3 Å². The smallest absolute Gasteiger partial charge is 0.339 e. The Hall–Kier alpha value is -0.540. The maximum absolute atomic E-state index is 11.1. The normalized spacial score (nSPS) is 27.1. The number of halogens is 1. The molecule has 0 aromatic rings. The SMILES string of the molecule is COC(=O)C1OCC/C1=C(/C)Cl. The van der Waals surface area contributed by atoms with Gasteiger partial charge in [0.25, 0.3) is 0 Å². The van der Waals surface area contributed by atoms with Gasteiger partial charge in [-0.1, -0.05) is 11.6 Å². The van der Waals surface area contributed by atoms with Gasteiger partial charge in [-0.3, -0.25) is 0 Å². The van der Waals surface area contributed by atoms with Crippen LogP contribution in [0.15, 0.2) is 10.6 Å². The fourth-order valence-electron chi connectivity index (χ4n) is 1.19. The first-order valence-electron chi connectivity index (χ1n) is 3.71. The maximum Gasteiger partial charge on any atom is 0.339 e. The van der Waals surface area contributed by atoms with E-state index < -0.39 is 6.10 Å². The third kappa shape index (κ3) is 1.79. The second kappa shape index (κ2) is 3.92. The summed E-state index contributed by atoms with van der Waals surface area (Å²) in [7, 11) is 1.34. The summed E-state index contributed by atoms with van der Waals surface area (Å²) in [5.74, 6) is -0.373. The van der Waals surface area contributed by atoms with E-state index >= 15 is 0 Å². The number of carbonyl (C=O) groups is 1. The number of allylic oxidation sites excluding steroid dienone is 1. The van der Waals surface area contributed by atoms with Crippen molar-refractivity contribution in [3.63, 3.8) is 0 Å². The van der Waals surface area contributed by atoms with Gasteiger partial charge in [0.2, 0.25) is 0 Å². The lowest BCUT2D eigenvalue weighted by Gasteiger charge is -2.08. The monoisotopic (exact) mass is 190 g/mol. The molecular weight excluding hydrogens is 180 g/mol. The molecule has 1 aliphatic rings. The first kappa shape index (κ1) is 9.55. The van der Waals surface area contributed by atoms with E-state index in [0.29, 0.717) is 11.6 Å². The van der Waals surface area contributed by atoms with Crippen LogP contribution in [0.25, 0.3) is 0 Å². The second-order valence-electron chi connectivity index (χ2n) is 2.58. The van der Waals surface area contributed by atoms with Gasteiger partial charge in [-0.05, 0) is 18.9 Å². The number of carbonyl (C=O) groups excluding carboxylic acids is 1. The van der Waals surface area contributed by atoms with Gasteiger partial charge in [-0.15, -0.1) is 0 Å². The zero-order valence-corrected chi connectivity index (χ0v) is 7.85. The lowest BCUT2D eigenvalue weighted by atomic mass is 10.1. The second-order valence-corrected chi connectivity index (χ2v) is 3.15. The van der Waals surface area contributed by atoms with Crippen molar-refractivity contribution in [1.29, 1.82) is 0 Å². The van der Waals surface area contributed by atoms with Crippen LogP contribution < -0.4 is 0 Å². The fourth-order valence-corrected chi connectivity index (χ4v) is 1.38. The molecule has 68 valence electrons. The first-order chi connectivity index (χ1) is 5.66. The van der Waals surface area contributed by atoms with Crippen LogP contribution >= 0.6 is 11.6 Å². The standard InChI is InChI=1S/C8H11ClO3/c1-5(9)6-3-4-12-7(6)8(10)11-2/h7H,3-4H2,1-2H3/b6-5+. The van der Waals surface area contributed by atoms with Gasteiger partial charge in [0.15, 0.2) is 6.10 Å². The molecule has 0 amide bonds. The molecule has 0 radical (unpaired) electrons. The highest BCUT2D eigenvalue weighted by Crippen LogP contribution is 2.25. The summed E-state index contributed by atoms with van der Waals surface area (Å²) in [6.07, 6.45) is 0.141. The van der Waals surface area contributed by atoms with Crippen LogP contribution in [0.1, 0.15) is 13.3 Å². The number of ether oxygens (including phenoxy) is 2. The summed E-state index contributed by atoms with van der Waals surface area (Å²) in [6.45, 7) is 2.29. The number of rotatable bonds is 1. The van der Waals surface area contributed by atoms with Gasteiger partial charge < -0.3 is 9.47 Å². The molecule has 4 heteroatoms. The van der Waals surface area contributed by atoms with Gasteiger partial charge in [0, 0.05) is 5.03 Å². The average molecular weight is 191 g/mol. The zero-order chi connectivity index (χ0) is 9.14. The summed E-state index contributed by atoms with van der Waals surface area (Å²) >= 11 is 5.77. The van der Waals surface area contributed by atoms with Crippen LogP contribution in [-0.2, 0) is 14.3 Å². The molecule has 1 heterocycles. The molecule has 1 aliphatic heterocycles. The molecule has 0 spiro atoms. The van der Waals surface area contributed by atoms with E-state index in [2.05, 4.69) is 4.74 Å². The van der Waals surface area contributed by atoms with Crippen LogP contribution in [0.2, 0.25) is 0 Å². The van der Waals surface area contributed by atoms with Gasteiger partial charge in [0.05, 0.1) is 13.7 Å². The fraction of sp³-hybridized carbons (Fsp3) is 0.625. The van der Waals surface area contributed by atoms with Crippen LogP contribution in [0.5, 0.6) is 0 Å². The first-order valence-corrected chi connectivity index (χ1v) is 4.09. The van der Waals surface area contributed by atoms with Crippen molar-refractivity contribution in [3.8, 4) is 0 Å². The molecular formula is C8H11ClO3. The van der Waals surface area contributed by atoms with E-state index in [1.807, 2.05) is 0 Å². The maximum atomic E-state index is 11.1. The molecule has 0 bridgehead atoms. The summed E-state index contributed by atoms with van der Waals surface area (Å²) in [4.78, 5) is 11.1. The topological polar surface area (TPSA) is 35.5 Å². The minimum Gasteiger partial charge on any atom is -0.467 e. The molecule has 1 fully saturated rings. The van der Waals surface area contributed by atoms with E-state index in [1.165, 1.54) is 7.11 Å². The molecule has 0 aliphatic carbocycles. The van der Waals surface area contributed by atoms with E-state index in [1.54, 1.807) is 6.92 Å². The number of methoxy groups -OCH3 is 1. The number of hydrogen-bond donors (Lipinski definition) is 0. The molecule has 12 heavy (non-hydrogen) atoms. The summed E-state index contributed by atoms with van der Waals surface area (Å²) in [6, 6.07) is 0. The van der Waals surface area contributed by atoms with E-state index in [4.69, 9.17) is 16.3 Å². The van der Waals surface area contributed by atoms with Gasteiger partial charge in [-0.2, -0.15) is 0 Å². The van der Waals surface area contributed by atoms with Gasteiger partial charge in [-0.25, -0.2) is 4.79 Å². The average Bonchev–Trinajstić information content (AvgIpc) is 2.50. The Kier molecular flexibility index (Phi) is 3.12. The lowest BCUT2D eigenvalue weighted by Crippen LogP contribution is -2.22. The van der Waals surface area contributed by atoms with Crippen molar-refractivity contribution >= 4 is 17.6 Å². The molecule has 1 unspecified atom stereocenters. The van der Waals surface area contributed by atoms with Crippen LogP contribution in [0, 0.1) is 0 Å². The summed E-state index contributed by atoms with van der Waals surface area (Å²) in [5, 5.41) is 0.628. The predicted molar refractivity (Wildman–Crippen MR) is 44.9 cm³/mol. The zero-order valence-electron chi connectivity index (χ0n) is 7.09. The highest BCUT2D eigenvalue weighted by Gasteiger charge is 2.30. The van der Waals surface area contributed by atoms with Crippen molar-refractivity contribution in [2.45, 2.75) is 19.4 Å². The molecule has 0 aromatic carbocycles. The van der Waals surface area contributed by atoms with E-state index in [-0.39, 0.29) is 5.97 Å². The third-order valence-electron chi connectivity index (χ3n) is 1.83. The molecule has 1 rings (SSSR count). The highest BCUT2D eigenvalue weighted by molar-refractivity contribution is 6.29. The molecule has 0 saturated carbocycles. The van der Waals surface area contributed by atoms with Crippen molar-refractivity contribution in [1.82, 2.24) is 0 Å². The minimum atomic E-state index is -0.576. The number of hydrogen-bond acceptors (Lipinski definition) is 3. The summed E-state index contributed by atoms with van der Waals surface area (Å²) < 4.78 is 9.72. The lowest BCUT2D eigenvalue weighted by molar-refractivity contribution is -0.149. The van der Waals surface area contributed by atoms with Crippen molar-refractivity contribution in [2.75, 3.05) is 13.7 Å². The Morgan fingerprint density at radius 2 is 2.42 bits per heavy atom. The Morgan fingerprint density at radius 3 is 2.92 bits per heavy atom. The van der Waals surface area contributed by atoms with Crippen LogP contribution in [0.3, 0.4) is 0 Å².